The van der Waals surface area contributed by atoms with E-state index in [2.05, 4.69) is 17.3 Å². The Morgan fingerprint density at radius 2 is 2.29 bits per heavy atom. The molecule has 0 spiro atoms. The number of rotatable bonds is 5. The number of halogens is 1. The molecule has 0 amide bonds. The fourth-order valence-electron chi connectivity index (χ4n) is 1.20. The molecule has 0 saturated heterocycles. The Morgan fingerprint density at radius 3 is 3.00 bits per heavy atom. The Balaban J connectivity index is 2.22. The lowest BCUT2D eigenvalue weighted by Crippen LogP contribution is -2.14. The molecule has 0 saturated carbocycles. The minimum absolute atomic E-state index is 0.785. The van der Waals surface area contributed by atoms with Crippen molar-refractivity contribution in [2.45, 2.75) is 19.4 Å². The van der Waals surface area contributed by atoms with Gasteiger partial charge in [-0.1, -0.05) is 23.7 Å². The van der Waals surface area contributed by atoms with Crippen LogP contribution >= 0.6 is 11.6 Å². The summed E-state index contributed by atoms with van der Waals surface area (Å²) >= 11 is 5.85. The van der Waals surface area contributed by atoms with Gasteiger partial charge in [0.2, 0.25) is 0 Å². The highest BCUT2D eigenvalue weighted by atomic mass is 35.5. The van der Waals surface area contributed by atoms with Gasteiger partial charge in [-0.05, 0) is 30.7 Å². The van der Waals surface area contributed by atoms with Crippen LogP contribution in [0.3, 0.4) is 0 Å². The summed E-state index contributed by atoms with van der Waals surface area (Å²) in [4.78, 5) is 0. The highest BCUT2D eigenvalue weighted by Crippen LogP contribution is 2.10. The zero-order chi connectivity index (χ0) is 10.2. The number of unbranched alkanes of at least 4 members (excludes halogenated alkanes) is 1. The molecule has 74 valence electrons. The number of nitrogens with one attached hydrogen (secondary N) is 1. The molecular formula is C12H14ClN. The van der Waals surface area contributed by atoms with Gasteiger partial charge in [-0.2, -0.15) is 0 Å². The maximum absolute atomic E-state index is 5.85. The second-order valence-corrected chi connectivity index (χ2v) is 3.55. The number of hydrogen-bond acceptors (Lipinski definition) is 1. The summed E-state index contributed by atoms with van der Waals surface area (Å²) in [6.45, 7) is 1.81. The molecule has 0 aliphatic carbocycles. The summed E-state index contributed by atoms with van der Waals surface area (Å²) < 4.78 is 0. The molecule has 1 aromatic rings. The minimum atomic E-state index is 0.785. The molecule has 0 aromatic heterocycles. The van der Waals surface area contributed by atoms with E-state index >= 15 is 0 Å². The van der Waals surface area contributed by atoms with Crippen molar-refractivity contribution in [2.75, 3.05) is 6.54 Å². The van der Waals surface area contributed by atoms with Gasteiger partial charge in [-0.25, -0.2) is 0 Å². The van der Waals surface area contributed by atoms with Crippen LogP contribution in [0.2, 0.25) is 5.02 Å². The van der Waals surface area contributed by atoms with Crippen LogP contribution in [-0.2, 0) is 6.54 Å². The first kappa shape index (κ1) is 11.1. The second kappa shape index (κ2) is 6.48. The van der Waals surface area contributed by atoms with Crippen LogP contribution in [0.4, 0.5) is 0 Å². The van der Waals surface area contributed by atoms with Gasteiger partial charge >= 0.3 is 0 Å². The Hall–Kier alpha value is -0.970. The topological polar surface area (TPSA) is 12.0 Å². The Bertz CT molecular complexity index is 314. The molecule has 0 bridgehead atoms. The first-order valence-corrected chi connectivity index (χ1v) is 5.09. The Labute approximate surface area is 90.5 Å². The second-order valence-electron chi connectivity index (χ2n) is 3.11. The molecule has 0 heterocycles. The fraction of sp³-hybridized carbons (Fsp3) is 0.333. The van der Waals surface area contributed by atoms with E-state index in [-0.39, 0.29) is 0 Å². The van der Waals surface area contributed by atoms with E-state index in [0.717, 1.165) is 31.0 Å². The molecule has 0 fully saturated rings. The highest BCUT2D eigenvalue weighted by molar-refractivity contribution is 6.30. The lowest BCUT2D eigenvalue weighted by atomic mass is 10.2. The van der Waals surface area contributed by atoms with Crippen molar-refractivity contribution in [3.8, 4) is 12.3 Å². The average molecular weight is 208 g/mol. The lowest BCUT2D eigenvalue weighted by molar-refractivity contribution is 0.659. The average Bonchev–Trinajstić information content (AvgIpc) is 2.18. The zero-order valence-corrected chi connectivity index (χ0v) is 8.85. The molecule has 14 heavy (non-hydrogen) atoms. The monoisotopic (exact) mass is 207 g/mol. The van der Waals surface area contributed by atoms with Gasteiger partial charge in [0.05, 0.1) is 0 Å². The first-order valence-electron chi connectivity index (χ1n) is 4.71. The SMILES string of the molecule is C#CCCCNCc1cccc(Cl)c1. The largest absolute Gasteiger partial charge is 0.313 e. The van der Waals surface area contributed by atoms with E-state index in [4.69, 9.17) is 18.0 Å². The van der Waals surface area contributed by atoms with Gasteiger partial charge in [0.25, 0.3) is 0 Å². The fourth-order valence-corrected chi connectivity index (χ4v) is 1.41. The van der Waals surface area contributed by atoms with Crippen LogP contribution in [0, 0.1) is 12.3 Å². The number of benzene rings is 1. The zero-order valence-electron chi connectivity index (χ0n) is 8.09. The Kier molecular flexibility index (Phi) is 5.14. The standard InChI is InChI=1S/C12H14ClN/c1-2-3-4-8-14-10-11-6-5-7-12(13)9-11/h1,5-7,9,14H,3-4,8,10H2. The maximum atomic E-state index is 5.85. The van der Waals surface area contributed by atoms with Gasteiger partial charge < -0.3 is 5.32 Å². The van der Waals surface area contributed by atoms with Gasteiger partial charge in [-0.15, -0.1) is 12.3 Å². The van der Waals surface area contributed by atoms with Crippen LogP contribution < -0.4 is 5.32 Å². The predicted octanol–water partition coefficient (Wildman–Crippen LogP) is 2.84. The molecule has 2 heteroatoms. The number of hydrogen-bond donors (Lipinski definition) is 1. The highest BCUT2D eigenvalue weighted by Gasteiger charge is 1.93. The van der Waals surface area contributed by atoms with E-state index in [1.165, 1.54) is 5.56 Å². The summed E-state index contributed by atoms with van der Waals surface area (Å²) in [6, 6.07) is 7.86. The van der Waals surface area contributed by atoms with E-state index in [1.54, 1.807) is 0 Å². The summed E-state index contributed by atoms with van der Waals surface area (Å²) in [5, 5.41) is 4.09. The molecule has 0 aliphatic rings. The van der Waals surface area contributed by atoms with Gasteiger partial charge in [0.1, 0.15) is 0 Å². The van der Waals surface area contributed by atoms with Crippen molar-refractivity contribution in [3.05, 3.63) is 34.9 Å². The van der Waals surface area contributed by atoms with Gasteiger partial charge in [0, 0.05) is 18.0 Å². The van der Waals surface area contributed by atoms with Crippen molar-refractivity contribution in [3.63, 3.8) is 0 Å². The third-order valence-electron chi connectivity index (χ3n) is 1.89. The van der Waals surface area contributed by atoms with Gasteiger partial charge in [0.15, 0.2) is 0 Å². The molecule has 0 radical (unpaired) electrons. The van der Waals surface area contributed by atoms with E-state index in [1.807, 2.05) is 18.2 Å². The maximum Gasteiger partial charge on any atom is 0.0409 e. The van der Waals surface area contributed by atoms with Crippen LogP contribution in [0.15, 0.2) is 24.3 Å². The molecule has 1 N–H and O–H groups in total. The molecule has 0 aliphatic heterocycles. The van der Waals surface area contributed by atoms with Crippen molar-refractivity contribution < 1.29 is 0 Å². The molecule has 1 aromatic carbocycles. The lowest BCUT2D eigenvalue weighted by Gasteiger charge is -2.03. The van der Waals surface area contributed by atoms with Crippen LogP contribution in [0.5, 0.6) is 0 Å². The first-order chi connectivity index (χ1) is 6.83. The van der Waals surface area contributed by atoms with Crippen molar-refractivity contribution in [1.29, 1.82) is 0 Å². The normalized spacial score (nSPS) is 9.71. The van der Waals surface area contributed by atoms with Crippen molar-refractivity contribution in [1.82, 2.24) is 5.32 Å². The van der Waals surface area contributed by atoms with E-state index in [0.29, 0.717) is 0 Å². The predicted molar refractivity (Wildman–Crippen MR) is 61.2 cm³/mol. The summed E-state index contributed by atoms with van der Waals surface area (Å²) in [7, 11) is 0. The molecule has 0 unspecified atom stereocenters. The molecule has 1 rings (SSSR count). The summed E-state index contributed by atoms with van der Waals surface area (Å²) in [5.41, 5.74) is 1.21. The Morgan fingerprint density at radius 1 is 1.43 bits per heavy atom. The number of terminal acetylenes is 1. The van der Waals surface area contributed by atoms with Crippen molar-refractivity contribution in [2.24, 2.45) is 0 Å². The molecule has 1 nitrogen and oxygen atoms in total. The summed E-state index contributed by atoms with van der Waals surface area (Å²) in [6.07, 6.45) is 7.01. The molecular weight excluding hydrogens is 194 g/mol. The van der Waals surface area contributed by atoms with E-state index in [9.17, 15) is 0 Å². The third kappa shape index (κ3) is 4.32. The summed E-state index contributed by atoms with van der Waals surface area (Å²) in [5.74, 6) is 2.61. The third-order valence-corrected chi connectivity index (χ3v) is 2.13. The van der Waals surface area contributed by atoms with Crippen LogP contribution in [-0.4, -0.2) is 6.54 Å². The van der Waals surface area contributed by atoms with Gasteiger partial charge in [-0.3, -0.25) is 0 Å². The minimum Gasteiger partial charge on any atom is -0.313 e. The van der Waals surface area contributed by atoms with Crippen LogP contribution in [0.1, 0.15) is 18.4 Å². The quantitative estimate of drug-likeness (QED) is 0.579. The van der Waals surface area contributed by atoms with E-state index < -0.39 is 0 Å². The molecule has 0 atom stereocenters. The van der Waals surface area contributed by atoms with Crippen molar-refractivity contribution >= 4 is 11.6 Å². The van der Waals surface area contributed by atoms with Crippen LogP contribution in [0.25, 0.3) is 0 Å². The smallest absolute Gasteiger partial charge is 0.0409 e.